The number of hydrogen-bond donors (Lipinski definition) is 1. The number of hydrogen-bond acceptors (Lipinski definition) is 5. The van der Waals surface area contributed by atoms with Crippen LogP contribution in [0.15, 0.2) is 0 Å². The largest absolute Gasteiger partial charge is 0.461 e. The van der Waals surface area contributed by atoms with Crippen molar-refractivity contribution in [1.29, 1.82) is 0 Å². The molecule has 0 unspecified atom stereocenters. The molecule has 0 saturated heterocycles. The minimum Gasteiger partial charge on any atom is -0.461 e. The van der Waals surface area contributed by atoms with Gasteiger partial charge in [-0.25, -0.2) is 9.48 Å². The fourth-order valence-electron chi connectivity index (χ4n) is 2.05. The summed E-state index contributed by atoms with van der Waals surface area (Å²) in [6.07, 6.45) is 2.81. The molecule has 1 aromatic rings. The summed E-state index contributed by atoms with van der Waals surface area (Å²) in [7, 11) is 0. The molecule has 0 aliphatic rings. The molecule has 0 bridgehead atoms. The average Bonchev–Trinajstić information content (AvgIpc) is 2.82. The first-order chi connectivity index (χ1) is 9.51. The number of nitrogens with zero attached hydrogens (tertiary/aromatic N) is 3. The first kappa shape index (κ1) is 16.6. The van der Waals surface area contributed by atoms with Gasteiger partial charge in [0.2, 0.25) is 0 Å². The summed E-state index contributed by atoms with van der Waals surface area (Å²) >= 11 is 0. The van der Waals surface area contributed by atoms with E-state index < -0.39 is 11.6 Å². The normalized spacial score (nSPS) is 11.7. The zero-order chi connectivity index (χ0) is 15.2. The van der Waals surface area contributed by atoms with E-state index in [1.54, 1.807) is 11.6 Å². The zero-order valence-corrected chi connectivity index (χ0v) is 12.8. The molecule has 0 aliphatic heterocycles. The van der Waals surface area contributed by atoms with Crippen LogP contribution in [0.2, 0.25) is 0 Å². The standard InChI is InChI=1S/C14H25N3O3/c1-5-9-11-12(13(18)20-8-4)15-16-17(11)10-14(19,6-2)7-3/h19H,5-10H2,1-4H3. The van der Waals surface area contributed by atoms with E-state index in [4.69, 9.17) is 4.74 Å². The number of aromatic nitrogens is 3. The van der Waals surface area contributed by atoms with Crippen molar-refractivity contribution >= 4 is 5.97 Å². The summed E-state index contributed by atoms with van der Waals surface area (Å²) in [4.78, 5) is 11.9. The van der Waals surface area contributed by atoms with Crippen molar-refractivity contribution in [2.24, 2.45) is 0 Å². The average molecular weight is 283 g/mol. The van der Waals surface area contributed by atoms with Crippen molar-refractivity contribution in [3.05, 3.63) is 11.4 Å². The third kappa shape index (κ3) is 3.79. The Balaban J connectivity index is 3.05. The Hall–Kier alpha value is -1.43. The molecule has 0 radical (unpaired) electrons. The lowest BCUT2D eigenvalue weighted by molar-refractivity contribution is 0.0105. The van der Waals surface area contributed by atoms with Crippen LogP contribution in [0, 0.1) is 0 Å². The third-order valence-corrected chi connectivity index (χ3v) is 3.55. The van der Waals surface area contributed by atoms with Crippen LogP contribution in [-0.2, 0) is 17.7 Å². The Morgan fingerprint density at radius 1 is 1.30 bits per heavy atom. The quantitative estimate of drug-likeness (QED) is 0.738. The number of esters is 1. The van der Waals surface area contributed by atoms with E-state index in [0.717, 1.165) is 12.1 Å². The first-order valence-electron chi connectivity index (χ1n) is 7.33. The second kappa shape index (κ2) is 7.38. The van der Waals surface area contributed by atoms with Gasteiger partial charge in [0.25, 0.3) is 0 Å². The molecule has 0 atom stereocenters. The number of aliphatic hydroxyl groups is 1. The molecular weight excluding hydrogens is 258 g/mol. The van der Waals surface area contributed by atoms with Crippen molar-refractivity contribution < 1.29 is 14.6 Å². The Kier molecular flexibility index (Phi) is 6.13. The van der Waals surface area contributed by atoms with Crippen LogP contribution < -0.4 is 0 Å². The maximum Gasteiger partial charge on any atom is 0.360 e. The molecule has 0 fully saturated rings. The fourth-order valence-corrected chi connectivity index (χ4v) is 2.05. The molecule has 6 nitrogen and oxygen atoms in total. The van der Waals surface area contributed by atoms with E-state index >= 15 is 0 Å². The number of rotatable bonds is 8. The van der Waals surface area contributed by atoms with Crippen molar-refractivity contribution in [3.8, 4) is 0 Å². The highest BCUT2D eigenvalue weighted by molar-refractivity contribution is 5.88. The van der Waals surface area contributed by atoms with E-state index in [1.165, 1.54) is 0 Å². The van der Waals surface area contributed by atoms with Gasteiger partial charge in [-0.15, -0.1) is 5.10 Å². The Morgan fingerprint density at radius 3 is 2.45 bits per heavy atom. The van der Waals surface area contributed by atoms with Crippen molar-refractivity contribution in [3.63, 3.8) is 0 Å². The summed E-state index contributed by atoms with van der Waals surface area (Å²) in [5.41, 5.74) is 0.191. The maximum atomic E-state index is 11.9. The highest BCUT2D eigenvalue weighted by Crippen LogP contribution is 2.19. The van der Waals surface area contributed by atoms with Crippen LogP contribution in [0.3, 0.4) is 0 Å². The molecule has 114 valence electrons. The summed E-state index contributed by atoms with van der Waals surface area (Å²) in [6, 6.07) is 0. The van der Waals surface area contributed by atoms with Gasteiger partial charge >= 0.3 is 5.97 Å². The number of carbonyl (C=O) groups is 1. The van der Waals surface area contributed by atoms with Gasteiger partial charge in [0, 0.05) is 0 Å². The number of carbonyl (C=O) groups excluding carboxylic acids is 1. The fraction of sp³-hybridized carbons (Fsp3) is 0.786. The Morgan fingerprint density at radius 2 is 1.95 bits per heavy atom. The van der Waals surface area contributed by atoms with Gasteiger partial charge in [-0.05, 0) is 26.2 Å². The minimum absolute atomic E-state index is 0.267. The molecule has 0 aromatic carbocycles. The van der Waals surface area contributed by atoms with Gasteiger partial charge in [0.15, 0.2) is 5.69 Å². The van der Waals surface area contributed by atoms with Gasteiger partial charge in [-0.1, -0.05) is 32.4 Å². The van der Waals surface area contributed by atoms with Gasteiger partial charge in [0.1, 0.15) is 0 Å². The smallest absolute Gasteiger partial charge is 0.360 e. The molecule has 0 amide bonds. The van der Waals surface area contributed by atoms with Crippen LogP contribution >= 0.6 is 0 Å². The molecule has 0 saturated carbocycles. The predicted octanol–water partition coefficient (Wildman–Crippen LogP) is 1.96. The Bertz CT molecular complexity index is 439. The summed E-state index contributed by atoms with van der Waals surface area (Å²) in [5, 5.41) is 18.4. The Labute approximate surface area is 120 Å². The lowest BCUT2D eigenvalue weighted by Gasteiger charge is -2.25. The molecule has 1 rings (SSSR count). The minimum atomic E-state index is -0.817. The van der Waals surface area contributed by atoms with Crippen molar-refractivity contribution in [2.75, 3.05) is 6.61 Å². The second-order valence-electron chi connectivity index (χ2n) is 4.94. The molecular formula is C14H25N3O3. The van der Waals surface area contributed by atoms with Crippen LogP contribution in [-0.4, -0.2) is 38.3 Å². The van der Waals surface area contributed by atoms with E-state index in [0.29, 0.717) is 32.4 Å². The SMILES string of the molecule is CCCc1c(C(=O)OCC)nnn1CC(O)(CC)CC. The number of ether oxygens (including phenoxy) is 1. The molecule has 1 N–H and O–H groups in total. The van der Waals surface area contributed by atoms with E-state index in [-0.39, 0.29) is 5.69 Å². The van der Waals surface area contributed by atoms with Crippen LogP contribution in [0.4, 0.5) is 0 Å². The highest BCUT2D eigenvalue weighted by Gasteiger charge is 2.27. The maximum absolute atomic E-state index is 11.9. The zero-order valence-electron chi connectivity index (χ0n) is 12.8. The molecule has 1 aromatic heterocycles. The molecule has 6 heteroatoms. The van der Waals surface area contributed by atoms with Gasteiger partial charge in [0.05, 0.1) is 24.4 Å². The second-order valence-corrected chi connectivity index (χ2v) is 4.94. The van der Waals surface area contributed by atoms with Crippen LogP contribution in [0.25, 0.3) is 0 Å². The highest BCUT2D eigenvalue weighted by atomic mass is 16.5. The lowest BCUT2D eigenvalue weighted by Crippen LogP contribution is -2.33. The van der Waals surface area contributed by atoms with Gasteiger partial charge in [-0.3, -0.25) is 0 Å². The van der Waals surface area contributed by atoms with E-state index in [1.807, 2.05) is 20.8 Å². The monoisotopic (exact) mass is 283 g/mol. The summed E-state index contributed by atoms with van der Waals surface area (Å²) < 4.78 is 6.64. The van der Waals surface area contributed by atoms with Crippen LogP contribution in [0.5, 0.6) is 0 Å². The molecule has 0 spiro atoms. The predicted molar refractivity (Wildman–Crippen MR) is 75.5 cm³/mol. The summed E-state index contributed by atoms with van der Waals surface area (Å²) in [5.74, 6) is -0.446. The van der Waals surface area contributed by atoms with Crippen molar-refractivity contribution in [2.45, 2.75) is 65.5 Å². The van der Waals surface area contributed by atoms with E-state index in [2.05, 4.69) is 10.3 Å². The molecule has 20 heavy (non-hydrogen) atoms. The topological polar surface area (TPSA) is 77.2 Å². The van der Waals surface area contributed by atoms with Crippen LogP contribution in [0.1, 0.15) is 63.1 Å². The van der Waals surface area contributed by atoms with Gasteiger partial charge < -0.3 is 9.84 Å². The summed E-state index contributed by atoms with van der Waals surface area (Å²) in [6.45, 7) is 8.32. The molecule has 1 heterocycles. The van der Waals surface area contributed by atoms with Gasteiger partial charge in [-0.2, -0.15) is 0 Å². The first-order valence-corrected chi connectivity index (χ1v) is 7.33. The lowest BCUT2D eigenvalue weighted by atomic mass is 9.97. The third-order valence-electron chi connectivity index (χ3n) is 3.55. The van der Waals surface area contributed by atoms with Crippen molar-refractivity contribution in [1.82, 2.24) is 15.0 Å². The molecule has 0 aliphatic carbocycles. The van der Waals surface area contributed by atoms with E-state index in [9.17, 15) is 9.90 Å².